The molecule has 0 radical (unpaired) electrons. The molecule has 1 amide bonds. The molecule has 24 heavy (non-hydrogen) atoms. The number of anilines is 1. The van der Waals surface area contributed by atoms with Gasteiger partial charge in [-0.15, -0.1) is 0 Å². The second-order valence-electron chi connectivity index (χ2n) is 5.32. The average molecular weight is 341 g/mol. The monoisotopic (exact) mass is 341 g/mol. The van der Waals surface area contributed by atoms with E-state index < -0.39 is 40.3 Å². The first-order valence-corrected chi connectivity index (χ1v) is 6.65. The predicted octanol–water partition coefficient (Wildman–Crippen LogP) is 0.536. The summed E-state index contributed by atoms with van der Waals surface area (Å²) in [4.78, 5) is 37.4. The minimum atomic E-state index is -5.44. The van der Waals surface area contributed by atoms with Crippen molar-refractivity contribution in [2.75, 3.05) is 5.32 Å². The molecule has 1 atom stereocenters. The van der Waals surface area contributed by atoms with Gasteiger partial charge in [0.25, 0.3) is 17.1 Å². The Labute approximate surface area is 131 Å². The highest BCUT2D eigenvalue weighted by Crippen LogP contribution is 2.44. The van der Waals surface area contributed by atoms with E-state index in [-0.39, 0.29) is 5.69 Å². The number of nitrogens with one attached hydrogen (secondary N) is 2. The number of carbonyl (C=O) groups is 1. The molecule has 1 aliphatic rings. The van der Waals surface area contributed by atoms with Crippen molar-refractivity contribution in [3.8, 4) is 5.69 Å². The summed E-state index contributed by atoms with van der Waals surface area (Å²) in [7, 11) is 0. The lowest BCUT2D eigenvalue weighted by Crippen LogP contribution is -2.50. The third-order valence-electron chi connectivity index (χ3n) is 3.74. The van der Waals surface area contributed by atoms with Crippen LogP contribution in [0.4, 0.5) is 19.0 Å². The molecular formula is C14H10F3N3O4. The fourth-order valence-electron chi connectivity index (χ4n) is 2.51. The van der Waals surface area contributed by atoms with Crippen molar-refractivity contribution in [1.29, 1.82) is 0 Å². The van der Waals surface area contributed by atoms with E-state index in [9.17, 15) is 32.7 Å². The third-order valence-corrected chi connectivity index (χ3v) is 3.74. The van der Waals surface area contributed by atoms with Crippen LogP contribution >= 0.6 is 0 Å². The van der Waals surface area contributed by atoms with Gasteiger partial charge in [-0.1, -0.05) is 17.7 Å². The largest absolute Gasteiger partial charge is 0.431 e. The molecule has 0 bridgehead atoms. The SMILES string of the molecule is Cc1ccc(-n2c3c(c(=O)[nH]c2=O)C(O)(C(F)(F)F)C(=O)N3)cc1. The number of hydrogen-bond donors (Lipinski definition) is 3. The Morgan fingerprint density at radius 3 is 2.25 bits per heavy atom. The Morgan fingerprint density at radius 1 is 1.12 bits per heavy atom. The topological polar surface area (TPSA) is 104 Å². The maximum Gasteiger partial charge on any atom is 0.431 e. The van der Waals surface area contributed by atoms with Crippen LogP contribution in [0.5, 0.6) is 0 Å². The van der Waals surface area contributed by atoms with E-state index >= 15 is 0 Å². The standard InChI is InChI=1S/C14H10F3N3O4/c1-6-2-4-7(5-3-6)20-9-8(10(21)19-12(20)23)13(24,11(22)18-9)14(15,16)17/h2-5,24H,1H3,(H,18,22)(H,19,21,23). The van der Waals surface area contributed by atoms with Crippen LogP contribution in [0.3, 0.4) is 0 Å². The first-order chi connectivity index (χ1) is 11.1. The lowest BCUT2D eigenvalue weighted by molar-refractivity contribution is -0.252. The van der Waals surface area contributed by atoms with Gasteiger partial charge in [0.05, 0.1) is 5.69 Å². The Kier molecular flexibility index (Phi) is 3.20. The van der Waals surface area contributed by atoms with Crippen molar-refractivity contribution in [3.05, 3.63) is 56.2 Å². The number of nitrogens with zero attached hydrogens (tertiary/aromatic N) is 1. The van der Waals surface area contributed by atoms with E-state index in [1.54, 1.807) is 29.4 Å². The van der Waals surface area contributed by atoms with Gasteiger partial charge in [-0.05, 0) is 19.1 Å². The van der Waals surface area contributed by atoms with Crippen LogP contribution in [0.1, 0.15) is 11.1 Å². The minimum absolute atomic E-state index is 0.116. The number of aryl methyl sites for hydroxylation is 1. The van der Waals surface area contributed by atoms with Gasteiger partial charge in [-0.2, -0.15) is 13.2 Å². The number of halogens is 3. The number of fused-ring (bicyclic) bond motifs is 1. The van der Waals surface area contributed by atoms with Gasteiger partial charge >= 0.3 is 11.9 Å². The Balaban J connectivity index is 2.39. The van der Waals surface area contributed by atoms with Gasteiger partial charge in [-0.3, -0.25) is 14.6 Å². The number of benzene rings is 1. The molecule has 7 nitrogen and oxygen atoms in total. The maximum absolute atomic E-state index is 13.2. The molecular weight excluding hydrogens is 331 g/mol. The number of alkyl halides is 3. The van der Waals surface area contributed by atoms with E-state index in [4.69, 9.17) is 0 Å². The third kappa shape index (κ3) is 1.99. The highest BCUT2D eigenvalue weighted by molar-refractivity contribution is 6.04. The number of hydrogen-bond acceptors (Lipinski definition) is 4. The highest BCUT2D eigenvalue weighted by Gasteiger charge is 2.66. The van der Waals surface area contributed by atoms with E-state index in [0.29, 0.717) is 4.57 Å². The zero-order chi connectivity index (χ0) is 17.9. The first kappa shape index (κ1) is 16.0. The lowest BCUT2D eigenvalue weighted by Gasteiger charge is -2.22. The molecule has 1 aliphatic heterocycles. The molecule has 0 saturated carbocycles. The molecule has 1 aromatic heterocycles. The van der Waals surface area contributed by atoms with E-state index in [0.717, 1.165) is 5.56 Å². The van der Waals surface area contributed by atoms with E-state index in [1.165, 1.54) is 12.1 Å². The van der Waals surface area contributed by atoms with Gasteiger partial charge in [0.15, 0.2) is 0 Å². The van der Waals surface area contributed by atoms with Crippen molar-refractivity contribution < 1.29 is 23.1 Å². The first-order valence-electron chi connectivity index (χ1n) is 6.65. The van der Waals surface area contributed by atoms with Crippen LogP contribution < -0.4 is 16.6 Å². The molecule has 1 unspecified atom stereocenters. The summed E-state index contributed by atoms with van der Waals surface area (Å²) in [5.41, 5.74) is -6.89. The number of aromatic nitrogens is 2. The predicted molar refractivity (Wildman–Crippen MR) is 76.0 cm³/mol. The summed E-state index contributed by atoms with van der Waals surface area (Å²) >= 11 is 0. The van der Waals surface area contributed by atoms with Gasteiger partial charge in [0, 0.05) is 0 Å². The van der Waals surface area contributed by atoms with Crippen LogP contribution in [0.15, 0.2) is 33.9 Å². The molecule has 0 saturated heterocycles. The molecule has 2 heterocycles. The molecule has 0 spiro atoms. The van der Waals surface area contributed by atoms with Crippen molar-refractivity contribution in [2.45, 2.75) is 18.7 Å². The molecule has 2 aromatic rings. The van der Waals surface area contributed by atoms with Gasteiger partial charge in [-0.25, -0.2) is 9.36 Å². The normalized spacial score (nSPS) is 20.0. The van der Waals surface area contributed by atoms with E-state index in [2.05, 4.69) is 0 Å². The van der Waals surface area contributed by atoms with Crippen molar-refractivity contribution in [1.82, 2.24) is 9.55 Å². The van der Waals surface area contributed by atoms with Crippen LogP contribution in [-0.2, 0) is 10.4 Å². The van der Waals surface area contributed by atoms with Crippen LogP contribution in [-0.4, -0.2) is 26.7 Å². The fourth-order valence-corrected chi connectivity index (χ4v) is 2.51. The molecule has 0 aliphatic carbocycles. The van der Waals surface area contributed by atoms with Crippen molar-refractivity contribution in [3.63, 3.8) is 0 Å². The molecule has 126 valence electrons. The summed E-state index contributed by atoms with van der Waals surface area (Å²) in [6.07, 6.45) is -5.44. The summed E-state index contributed by atoms with van der Waals surface area (Å²) < 4.78 is 40.3. The van der Waals surface area contributed by atoms with Crippen molar-refractivity contribution >= 4 is 11.7 Å². The molecule has 0 fully saturated rings. The number of carbonyl (C=O) groups excluding carboxylic acids is 1. The molecule has 10 heteroatoms. The number of rotatable bonds is 1. The Morgan fingerprint density at radius 2 is 1.71 bits per heavy atom. The fraction of sp³-hybridized carbons (Fsp3) is 0.214. The van der Waals surface area contributed by atoms with Crippen LogP contribution in [0.2, 0.25) is 0 Å². The van der Waals surface area contributed by atoms with Crippen molar-refractivity contribution in [2.24, 2.45) is 0 Å². The molecule has 3 rings (SSSR count). The zero-order valence-corrected chi connectivity index (χ0v) is 12.1. The van der Waals surface area contributed by atoms with Crippen LogP contribution in [0, 0.1) is 6.92 Å². The van der Waals surface area contributed by atoms with E-state index in [1.807, 2.05) is 0 Å². The summed E-state index contributed by atoms with van der Waals surface area (Å²) in [6.45, 7) is 1.76. The van der Waals surface area contributed by atoms with Gasteiger partial charge in [0.2, 0.25) is 0 Å². The quantitative estimate of drug-likeness (QED) is 0.704. The second kappa shape index (κ2) is 4.81. The smallest absolute Gasteiger partial charge is 0.368 e. The maximum atomic E-state index is 13.2. The second-order valence-corrected chi connectivity index (χ2v) is 5.32. The number of H-pyrrole nitrogens is 1. The number of aromatic amines is 1. The van der Waals surface area contributed by atoms with Gasteiger partial charge < -0.3 is 10.4 Å². The summed E-state index contributed by atoms with van der Waals surface area (Å²) in [5, 5.41) is 11.7. The zero-order valence-electron chi connectivity index (χ0n) is 12.1. The lowest BCUT2D eigenvalue weighted by atomic mass is 9.97. The highest BCUT2D eigenvalue weighted by atomic mass is 19.4. The number of amides is 1. The number of aliphatic hydroxyl groups is 1. The molecule has 3 N–H and O–H groups in total. The Hall–Kier alpha value is -2.88. The summed E-state index contributed by atoms with van der Waals surface area (Å²) in [6, 6.07) is 6.02. The van der Waals surface area contributed by atoms with Crippen LogP contribution in [0.25, 0.3) is 5.69 Å². The summed E-state index contributed by atoms with van der Waals surface area (Å²) in [5.74, 6) is -2.56. The van der Waals surface area contributed by atoms with Gasteiger partial charge in [0.1, 0.15) is 11.4 Å². The Bertz CT molecular complexity index is 959. The molecule has 1 aromatic carbocycles. The minimum Gasteiger partial charge on any atom is -0.368 e. The average Bonchev–Trinajstić information content (AvgIpc) is 2.74.